The number of nitrogens with zero attached hydrogens (tertiary/aromatic N) is 5. The molecular weight excluding hydrogens is 629 g/mol. The summed E-state index contributed by atoms with van der Waals surface area (Å²) in [5.41, 5.74) is 4.64. The summed E-state index contributed by atoms with van der Waals surface area (Å²) in [6.45, 7) is 7.62. The lowest BCUT2D eigenvalue weighted by Gasteiger charge is -2.32. The third kappa shape index (κ3) is 9.06. The second kappa shape index (κ2) is 14.9. The molecule has 1 aliphatic heterocycles. The van der Waals surface area contributed by atoms with Gasteiger partial charge in [-0.1, -0.05) is 62.9 Å². The molecule has 2 heterocycles. The highest BCUT2D eigenvalue weighted by atomic mass is 32.2. The normalized spacial score (nSPS) is 15.1. The number of carbonyl (C=O) groups excluding carboxylic acids is 1. The Bertz CT molecular complexity index is 1690. The van der Waals surface area contributed by atoms with Gasteiger partial charge in [-0.3, -0.25) is 0 Å². The summed E-state index contributed by atoms with van der Waals surface area (Å²) >= 11 is 1.59. The number of alkyl halides is 3. The molecular formula is C34H37F3N6O3S. The molecule has 1 fully saturated rings. The molecule has 0 spiro atoms. The number of benzene rings is 3. The van der Waals surface area contributed by atoms with Gasteiger partial charge in [-0.05, 0) is 66.1 Å². The molecule has 248 valence electrons. The number of anilines is 1. The highest BCUT2D eigenvalue weighted by Gasteiger charge is 2.31. The molecule has 1 unspecified atom stereocenters. The summed E-state index contributed by atoms with van der Waals surface area (Å²) in [5, 5.41) is 8.13. The third-order valence-corrected chi connectivity index (χ3v) is 8.62. The van der Waals surface area contributed by atoms with Gasteiger partial charge in [0.1, 0.15) is 17.8 Å². The highest BCUT2D eigenvalue weighted by molar-refractivity contribution is 8.14. The number of amides is 2. The molecule has 1 aliphatic rings. The number of ether oxygens (including phenoxy) is 2. The second-order valence-corrected chi connectivity index (χ2v) is 12.6. The van der Waals surface area contributed by atoms with Crippen LogP contribution in [0.2, 0.25) is 0 Å². The summed E-state index contributed by atoms with van der Waals surface area (Å²) in [6.07, 6.45) is -1.51. The predicted octanol–water partition coefficient (Wildman–Crippen LogP) is 7.85. The van der Waals surface area contributed by atoms with Crippen LogP contribution in [0.1, 0.15) is 44.2 Å². The summed E-state index contributed by atoms with van der Waals surface area (Å²) in [7, 11) is 1.65. The Morgan fingerprint density at radius 1 is 1.04 bits per heavy atom. The van der Waals surface area contributed by atoms with Gasteiger partial charge in [0.2, 0.25) is 0 Å². The van der Waals surface area contributed by atoms with E-state index in [1.807, 2.05) is 36.4 Å². The Morgan fingerprint density at radius 3 is 2.45 bits per heavy atom. The smallest absolute Gasteiger partial charge is 0.497 e. The molecule has 3 aromatic carbocycles. The lowest BCUT2D eigenvalue weighted by Crippen LogP contribution is -2.37. The van der Waals surface area contributed by atoms with E-state index in [0.29, 0.717) is 29.1 Å². The van der Waals surface area contributed by atoms with Gasteiger partial charge >= 0.3 is 12.4 Å². The van der Waals surface area contributed by atoms with Gasteiger partial charge in [0.15, 0.2) is 11.0 Å². The maximum atomic E-state index is 12.9. The SMILES string of the molecule is COc1ccc(C(C)C)c(N2CCCSC2=NC(=O)NCC(C)Cc2ccc(-c3ncn(-c4ccc(OC(F)(F)F)cc4)n3)cc2)c1. The first kappa shape index (κ1) is 33.8. The Labute approximate surface area is 276 Å². The van der Waals surface area contributed by atoms with Crippen LogP contribution in [-0.4, -0.2) is 58.3 Å². The van der Waals surface area contributed by atoms with Gasteiger partial charge in [0.05, 0.1) is 12.8 Å². The van der Waals surface area contributed by atoms with E-state index < -0.39 is 6.36 Å². The minimum absolute atomic E-state index is 0.160. The molecule has 4 aromatic rings. The first-order valence-corrected chi connectivity index (χ1v) is 16.3. The van der Waals surface area contributed by atoms with Gasteiger partial charge in [0, 0.05) is 36.2 Å². The molecule has 0 radical (unpaired) electrons. The number of amidine groups is 1. The lowest BCUT2D eigenvalue weighted by atomic mass is 10.00. The minimum Gasteiger partial charge on any atom is -0.497 e. The van der Waals surface area contributed by atoms with E-state index in [9.17, 15) is 18.0 Å². The molecule has 47 heavy (non-hydrogen) atoms. The molecule has 1 N–H and O–H groups in total. The van der Waals surface area contributed by atoms with E-state index in [1.165, 1.54) is 40.8 Å². The molecule has 2 amide bonds. The fraction of sp³-hybridized carbons (Fsp3) is 0.353. The Kier molecular flexibility index (Phi) is 10.7. The van der Waals surface area contributed by atoms with Gasteiger partial charge in [-0.25, -0.2) is 14.5 Å². The Morgan fingerprint density at radius 2 is 1.77 bits per heavy atom. The van der Waals surface area contributed by atoms with E-state index >= 15 is 0 Å². The number of rotatable bonds is 10. The van der Waals surface area contributed by atoms with E-state index in [0.717, 1.165) is 47.7 Å². The summed E-state index contributed by atoms with van der Waals surface area (Å²) in [5.74, 6) is 2.31. The number of urea groups is 1. The first-order chi connectivity index (χ1) is 22.5. The van der Waals surface area contributed by atoms with E-state index in [4.69, 9.17) is 4.74 Å². The van der Waals surface area contributed by atoms with Crippen LogP contribution in [0.3, 0.4) is 0 Å². The van der Waals surface area contributed by atoms with Crippen molar-refractivity contribution >= 4 is 28.6 Å². The van der Waals surface area contributed by atoms with Crippen molar-refractivity contribution in [3.8, 4) is 28.6 Å². The third-order valence-electron chi connectivity index (χ3n) is 7.56. The molecule has 0 aliphatic carbocycles. The number of carbonyl (C=O) groups is 1. The number of nitrogens with one attached hydrogen (secondary N) is 1. The van der Waals surface area contributed by atoms with Crippen LogP contribution in [0, 0.1) is 5.92 Å². The van der Waals surface area contributed by atoms with Crippen molar-refractivity contribution in [2.24, 2.45) is 10.9 Å². The number of methoxy groups -OCH3 is 1. The van der Waals surface area contributed by atoms with Crippen molar-refractivity contribution in [3.63, 3.8) is 0 Å². The van der Waals surface area contributed by atoms with E-state index in [1.54, 1.807) is 18.9 Å². The first-order valence-electron chi connectivity index (χ1n) is 15.3. The van der Waals surface area contributed by atoms with Gasteiger partial charge in [-0.2, -0.15) is 4.99 Å². The maximum absolute atomic E-state index is 12.9. The van der Waals surface area contributed by atoms with E-state index in [-0.39, 0.29) is 17.7 Å². The Balaban J connectivity index is 1.16. The van der Waals surface area contributed by atoms with Crippen LogP contribution < -0.4 is 19.7 Å². The van der Waals surface area contributed by atoms with Gasteiger partial charge in [-0.15, -0.1) is 18.3 Å². The van der Waals surface area contributed by atoms with Crippen molar-refractivity contribution < 1.29 is 27.4 Å². The van der Waals surface area contributed by atoms with Crippen LogP contribution in [0.25, 0.3) is 17.1 Å². The largest absolute Gasteiger partial charge is 0.573 e. The van der Waals surface area contributed by atoms with Crippen molar-refractivity contribution in [1.82, 2.24) is 20.1 Å². The minimum atomic E-state index is -4.75. The summed E-state index contributed by atoms with van der Waals surface area (Å²) < 4.78 is 48.2. The number of halogens is 3. The zero-order chi connectivity index (χ0) is 33.6. The van der Waals surface area contributed by atoms with Crippen LogP contribution in [0.4, 0.5) is 23.7 Å². The zero-order valence-electron chi connectivity index (χ0n) is 26.6. The molecule has 1 saturated heterocycles. The number of aromatic nitrogens is 3. The van der Waals surface area contributed by atoms with Gasteiger partial charge in [0.25, 0.3) is 0 Å². The average molecular weight is 667 g/mol. The van der Waals surface area contributed by atoms with Crippen LogP contribution >= 0.6 is 11.8 Å². The van der Waals surface area contributed by atoms with Crippen LogP contribution in [-0.2, 0) is 6.42 Å². The quantitative estimate of drug-likeness (QED) is 0.184. The highest BCUT2D eigenvalue weighted by Crippen LogP contribution is 2.35. The van der Waals surface area contributed by atoms with Crippen LogP contribution in [0.15, 0.2) is 78.0 Å². The van der Waals surface area contributed by atoms with Crippen LogP contribution in [0.5, 0.6) is 11.5 Å². The summed E-state index contributed by atoms with van der Waals surface area (Å²) in [6, 6.07) is 18.9. The molecule has 1 atom stereocenters. The summed E-state index contributed by atoms with van der Waals surface area (Å²) in [4.78, 5) is 23.9. The van der Waals surface area contributed by atoms with E-state index in [2.05, 4.69) is 56.9 Å². The molecule has 0 saturated carbocycles. The zero-order valence-corrected chi connectivity index (χ0v) is 27.4. The number of thioether (sulfide) groups is 1. The number of hydrogen-bond acceptors (Lipinski definition) is 6. The standard InChI is InChI=1S/C34H37F3N6O3S/c1-22(2)29-15-14-28(45-4)19-30(29)42-16-5-17-47-33(42)40-32(44)38-20-23(3)18-24-6-8-25(9-7-24)31-39-21-43(41-31)26-10-12-27(13-11-26)46-34(35,36)37/h6-15,19,21-23H,5,16-18,20H2,1-4H3,(H,38,44). The van der Waals surface area contributed by atoms with Crippen molar-refractivity contribution in [2.45, 2.75) is 45.9 Å². The number of hydrogen-bond donors (Lipinski definition) is 1. The van der Waals surface area contributed by atoms with Crippen molar-refractivity contribution in [1.29, 1.82) is 0 Å². The second-order valence-electron chi connectivity index (χ2n) is 11.6. The lowest BCUT2D eigenvalue weighted by molar-refractivity contribution is -0.274. The maximum Gasteiger partial charge on any atom is 0.573 e. The molecule has 0 bridgehead atoms. The molecule has 9 nitrogen and oxygen atoms in total. The number of aliphatic imine (C=N–C) groups is 1. The monoisotopic (exact) mass is 666 g/mol. The Hall–Kier alpha value is -4.52. The fourth-order valence-electron chi connectivity index (χ4n) is 5.22. The fourth-order valence-corrected chi connectivity index (χ4v) is 6.17. The average Bonchev–Trinajstić information content (AvgIpc) is 3.54. The van der Waals surface area contributed by atoms with Crippen molar-refractivity contribution in [3.05, 3.63) is 84.2 Å². The molecule has 13 heteroatoms. The predicted molar refractivity (Wildman–Crippen MR) is 179 cm³/mol. The van der Waals surface area contributed by atoms with Gasteiger partial charge < -0.3 is 19.7 Å². The molecule has 1 aromatic heterocycles. The topological polar surface area (TPSA) is 93.9 Å². The van der Waals surface area contributed by atoms with Crippen molar-refractivity contribution in [2.75, 3.05) is 30.9 Å². The molecule has 5 rings (SSSR count).